The van der Waals surface area contributed by atoms with Gasteiger partial charge in [-0.15, -0.1) is 11.3 Å². The number of hydrogen-bond acceptors (Lipinski definition) is 4. The zero-order valence-corrected chi connectivity index (χ0v) is 9.91. The van der Waals surface area contributed by atoms with Gasteiger partial charge in [0, 0.05) is 11.6 Å². The van der Waals surface area contributed by atoms with Crippen LogP contribution in [0, 0.1) is 11.8 Å². The minimum Gasteiger partial charge on any atom is -0.481 e. The summed E-state index contributed by atoms with van der Waals surface area (Å²) in [5.41, 5.74) is -0.988. The van der Waals surface area contributed by atoms with E-state index in [1.54, 1.807) is 13.1 Å². The highest BCUT2D eigenvalue weighted by Gasteiger charge is 2.42. The predicted molar refractivity (Wildman–Crippen MR) is 60.2 cm³/mol. The van der Waals surface area contributed by atoms with Crippen molar-refractivity contribution < 1.29 is 15.0 Å². The average molecular weight is 241 g/mol. The highest BCUT2D eigenvalue weighted by atomic mass is 32.1. The van der Waals surface area contributed by atoms with Gasteiger partial charge in [-0.05, 0) is 32.1 Å². The molecule has 4 nitrogen and oxygen atoms in total. The first-order valence-electron chi connectivity index (χ1n) is 5.37. The molecule has 0 unspecified atom stereocenters. The van der Waals surface area contributed by atoms with Crippen molar-refractivity contribution in [3.05, 3.63) is 16.6 Å². The van der Waals surface area contributed by atoms with Crippen LogP contribution in [0.3, 0.4) is 0 Å². The first-order chi connectivity index (χ1) is 7.51. The van der Waals surface area contributed by atoms with Crippen LogP contribution >= 0.6 is 11.3 Å². The fraction of sp³-hybridized carbons (Fsp3) is 0.636. The second-order valence-electron chi connectivity index (χ2n) is 4.53. The number of aromatic nitrogens is 1. The Bertz CT molecular complexity index is 375. The smallest absolute Gasteiger partial charge is 0.306 e. The number of aliphatic hydroxyl groups is 1. The van der Waals surface area contributed by atoms with Crippen LogP contribution in [0.15, 0.2) is 11.6 Å². The van der Waals surface area contributed by atoms with Gasteiger partial charge in [0.15, 0.2) is 0 Å². The van der Waals surface area contributed by atoms with Gasteiger partial charge in [0.25, 0.3) is 0 Å². The van der Waals surface area contributed by atoms with Gasteiger partial charge in [0.1, 0.15) is 10.6 Å². The lowest BCUT2D eigenvalue weighted by Crippen LogP contribution is -2.30. The maximum atomic E-state index is 10.9. The van der Waals surface area contributed by atoms with Crippen LogP contribution < -0.4 is 0 Å². The monoisotopic (exact) mass is 241 g/mol. The van der Waals surface area contributed by atoms with E-state index in [4.69, 9.17) is 5.11 Å². The van der Waals surface area contributed by atoms with E-state index in [0.717, 1.165) is 6.42 Å². The van der Waals surface area contributed by atoms with Gasteiger partial charge in [-0.3, -0.25) is 4.79 Å². The molecule has 0 aliphatic heterocycles. The lowest BCUT2D eigenvalue weighted by atomic mass is 9.87. The maximum absolute atomic E-state index is 10.9. The Morgan fingerprint density at radius 1 is 1.62 bits per heavy atom. The van der Waals surface area contributed by atoms with Crippen LogP contribution in [0.5, 0.6) is 0 Å². The molecule has 0 radical (unpaired) electrons. The maximum Gasteiger partial charge on any atom is 0.306 e. The Morgan fingerprint density at radius 3 is 2.88 bits per heavy atom. The Balaban J connectivity index is 2.12. The Labute approximate surface area is 98.0 Å². The van der Waals surface area contributed by atoms with Crippen LogP contribution in [0.2, 0.25) is 0 Å². The van der Waals surface area contributed by atoms with Crippen molar-refractivity contribution in [1.82, 2.24) is 4.98 Å². The van der Waals surface area contributed by atoms with Crippen molar-refractivity contribution in [2.45, 2.75) is 31.8 Å². The lowest BCUT2D eigenvalue weighted by Gasteiger charge is -2.27. The number of carbonyl (C=O) groups is 1. The summed E-state index contributed by atoms with van der Waals surface area (Å²) in [4.78, 5) is 15.0. The molecule has 1 aromatic rings. The van der Waals surface area contributed by atoms with E-state index in [1.165, 1.54) is 11.3 Å². The van der Waals surface area contributed by atoms with Gasteiger partial charge < -0.3 is 10.2 Å². The molecule has 0 aromatic carbocycles. The predicted octanol–water partition coefficient (Wildman–Crippen LogP) is 1.85. The third-order valence-electron chi connectivity index (χ3n) is 3.44. The number of rotatable bonds is 3. The average Bonchev–Trinajstić information content (AvgIpc) is 2.90. The standard InChI is InChI=1S/C11H15NO3S/c1-11(15,10-12-4-5-16-10)8-3-2-7(6-8)9(13)14/h4-5,7-8,15H,2-3,6H2,1H3,(H,13,14)/t7-,8+,11+/m1/s1. The Hall–Kier alpha value is -0.940. The summed E-state index contributed by atoms with van der Waals surface area (Å²) in [6.07, 6.45) is 3.62. The molecule has 0 amide bonds. The van der Waals surface area contributed by atoms with Crippen molar-refractivity contribution in [3.8, 4) is 0 Å². The molecule has 2 rings (SSSR count). The molecular formula is C11H15NO3S. The SMILES string of the molecule is C[C@@](O)(c1nccs1)[C@H]1CC[C@@H](C(=O)O)C1. The quantitative estimate of drug-likeness (QED) is 0.847. The Kier molecular flexibility index (Phi) is 2.99. The largest absolute Gasteiger partial charge is 0.481 e. The topological polar surface area (TPSA) is 70.4 Å². The summed E-state index contributed by atoms with van der Waals surface area (Å²) < 4.78 is 0. The zero-order chi connectivity index (χ0) is 11.8. The fourth-order valence-corrected chi connectivity index (χ4v) is 3.14. The summed E-state index contributed by atoms with van der Waals surface area (Å²) in [5.74, 6) is -1.06. The number of carboxylic acids is 1. The van der Waals surface area contributed by atoms with Crippen LogP contribution in [-0.2, 0) is 10.4 Å². The van der Waals surface area contributed by atoms with Gasteiger partial charge in [-0.25, -0.2) is 4.98 Å². The fourth-order valence-electron chi connectivity index (χ4n) is 2.36. The number of carboxylic acid groups (broad SMARTS) is 1. The molecule has 1 fully saturated rings. The van der Waals surface area contributed by atoms with E-state index in [9.17, 15) is 9.90 Å². The molecule has 1 aromatic heterocycles. The summed E-state index contributed by atoms with van der Waals surface area (Å²) in [5, 5.41) is 21.9. The van der Waals surface area contributed by atoms with Gasteiger partial charge in [0.2, 0.25) is 0 Å². The first-order valence-corrected chi connectivity index (χ1v) is 6.25. The van der Waals surface area contributed by atoms with E-state index >= 15 is 0 Å². The molecule has 16 heavy (non-hydrogen) atoms. The van der Waals surface area contributed by atoms with E-state index in [1.807, 2.05) is 5.38 Å². The summed E-state index contributed by atoms with van der Waals surface area (Å²) in [7, 11) is 0. The third kappa shape index (κ3) is 1.97. The van der Waals surface area contributed by atoms with Crippen molar-refractivity contribution in [1.29, 1.82) is 0 Å². The zero-order valence-electron chi connectivity index (χ0n) is 9.09. The molecule has 88 valence electrons. The molecule has 5 heteroatoms. The van der Waals surface area contributed by atoms with Gasteiger partial charge in [-0.1, -0.05) is 0 Å². The van der Waals surface area contributed by atoms with E-state index < -0.39 is 11.6 Å². The number of nitrogens with zero attached hydrogens (tertiary/aromatic N) is 1. The molecule has 2 N–H and O–H groups in total. The normalized spacial score (nSPS) is 28.9. The van der Waals surface area contributed by atoms with Crippen molar-refractivity contribution >= 4 is 17.3 Å². The minimum atomic E-state index is -0.988. The van der Waals surface area contributed by atoms with Crippen molar-refractivity contribution in [2.24, 2.45) is 11.8 Å². The summed E-state index contributed by atoms with van der Waals surface area (Å²) >= 11 is 1.42. The Morgan fingerprint density at radius 2 is 2.38 bits per heavy atom. The van der Waals surface area contributed by atoms with Gasteiger partial charge >= 0.3 is 5.97 Å². The van der Waals surface area contributed by atoms with E-state index in [2.05, 4.69) is 4.98 Å². The first kappa shape index (κ1) is 11.5. The second kappa shape index (κ2) is 4.14. The number of hydrogen-bond donors (Lipinski definition) is 2. The van der Waals surface area contributed by atoms with Crippen molar-refractivity contribution in [3.63, 3.8) is 0 Å². The number of thiazole rings is 1. The molecule has 1 aliphatic rings. The van der Waals surface area contributed by atoms with E-state index in [0.29, 0.717) is 17.8 Å². The van der Waals surface area contributed by atoms with Crippen LogP contribution in [0.4, 0.5) is 0 Å². The lowest BCUT2D eigenvalue weighted by molar-refractivity contribution is -0.141. The summed E-state index contributed by atoms with van der Waals surface area (Å²) in [6.45, 7) is 1.74. The summed E-state index contributed by atoms with van der Waals surface area (Å²) in [6, 6.07) is 0. The minimum absolute atomic E-state index is 0.000231. The highest BCUT2D eigenvalue weighted by molar-refractivity contribution is 7.09. The number of aliphatic carboxylic acids is 1. The molecule has 1 saturated carbocycles. The van der Waals surface area contributed by atoms with Crippen LogP contribution in [0.1, 0.15) is 31.2 Å². The highest BCUT2D eigenvalue weighted by Crippen LogP contribution is 2.43. The molecule has 3 atom stereocenters. The molecule has 0 spiro atoms. The van der Waals surface area contributed by atoms with Crippen LogP contribution in [0.25, 0.3) is 0 Å². The molecular weight excluding hydrogens is 226 g/mol. The molecule has 0 saturated heterocycles. The van der Waals surface area contributed by atoms with Crippen molar-refractivity contribution in [2.75, 3.05) is 0 Å². The second-order valence-corrected chi connectivity index (χ2v) is 5.42. The van der Waals surface area contributed by atoms with Gasteiger partial charge in [-0.2, -0.15) is 0 Å². The molecule has 1 heterocycles. The molecule has 0 bridgehead atoms. The van der Waals surface area contributed by atoms with Gasteiger partial charge in [0.05, 0.1) is 5.92 Å². The van der Waals surface area contributed by atoms with E-state index in [-0.39, 0.29) is 11.8 Å². The third-order valence-corrected chi connectivity index (χ3v) is 4.44. The molecule has 1 aliphatic carbocycles. The van der Waals surface area contributed by atoms with Crippen LogP contribution in [-0.4, -0.2) is 21.2 Å².